The van der Waals surface area contributed by atoms with E-state index in [-0.39, 0.29) is 23.8 Å². The van der Waals surface area contributed by atoms with Crippen molar-refractivity contribution in [3.05, 3.63) is 34.9 Å². The van der Waals surface area contributed by atoms with Gasteiger partial charge in [-0.15, -0.1) is 0 Å². The Bertz CT molecular complexity index is 721. The van der Waals surface area contributed by atoms with Crippen molar-refractivity contribution in [1.82, 2.24) is 20.4 Å². The summed E-state index contributed by atoms with van der Waals surface area (Å²) < 4.78 is 0. The van der Waals surface area contributed by atoms with E-state index in [0.29, 0.717) is 36.8 Å². The maximum absolute atomic E-state index is 12.5. The number of benzene rings is 1. The summed E-state index contributed by atoms with van der Waals surface area (Å²) in [5.41, 5.74) is 0.416. The molecule has 2 fully saturated rings. The zero-order chi connectivity index (χ0) is 19.9. The number of piperidine rings is 1. The molecule has 8 heteroatoms. The van der Waals surface area contributed by atoms with Crippen molar-refractivity contribution in [3.8, 4) is 0 Å². The van der Waals surface area contributed by atoms with Crippen molar-refractivity contribution >= 4 is 29.4 Å². The SMILES string of the molecule is O=C(NCCNC(=O)[C@H]1CCCN(C(=O)N2CCCC2)C1)c1ccccc1Cl. The van der Waals surface area contributed by atoms with Gasteiger partial charge in [-0.3, -0.25) is 9.59 Å². The van der Waals surface area contributed by atoms with E-state index in [2.05, 4.69) is 10.6 Å². The second-order valence-electron chi connectivity index (χ2n) is 7.29. The normalized spacial score (nSPS) is 19.4. The number of hydrogen-bond acceptors (Lipinski definition) is 3. The van der Waals surface area contributed by atoms with Gasteiger partial charge in [0.25, 0.3) is 5.91 Å². The summed E-state index contributed by atoms with van der Waals surface area (Å²) >= 11 is 6.00. The smallest absolute Gasteiger partial charge is 0.320 e. The molecule has 7 nitrogen and oxygen atoms in total. The first-order valence-corrected chi connectivity index (χ1v) is 10.3. The predicted molar refractivity (Wildman–Crippen MR) is 107 cm³/mol. The Labute approximate surface area is 170 Å². The van der Waals surface area contributed by atoms with Crippen molar-refractivity contribution in [3.63, 3.8) is 0 Å². The quantitative estimate of drug-likeness (QED) is 0.735. The van der Waals surface area contributed by atoms with Crippen LogP contribution in [0, 0.1) is 5.92 Å². The molecule has 1 aromatic rings. The maximum Gasteiger partial charge on any atom is 0.320 e. The van der Waals surface area contributed by atoms with Crippen LogP contribution in [0.15, 0.2) is 24.3 Å². The summed E-state index contributed by atoms with van der Waals surface area (Å²) in [5.74, 6) is -0.523. The molecule has 2 N–H and O–H groups in total. The molecule has 4 amide bonds. The Morgan fingerprint density at radius 3 is 2.39 bits per heavy atom. The van der Waals surface area contributed by atoms with Gasteiger partial charge in [-0.05, 0) is 37.8 Å². The fraction of sp³-hybridized carbons (Fsp3) is 0.550. The van der Waals surface area contributed by atoms with Crippen LogP contribution in [0.2, 0.25) is 5.02 Å². The van der Waals surface area contributed by atoms with E-state index in [1.165, 1.54) is 0 Å². The molecule has 2 aliphatic heterocycles. The second-order valence-corrected chi connectivity index (χ2v) is 7.70. The molecule has 0 aliphatic carbocycles. The number of nitrogens with zero attached hydrogens (tertiary/aromatic N) is 2. The molecule has 0 saturated carbocycles. The minimum Gasteiger partial charge on any atom is -0.354 e. The van der Waals surface area contributed by atoms with Gasteiger partial charge >= 0.3 is 6.03 Å². The number of amides is 4. The number of carbonyl (C=O) groups is 3. The van der Waals surface area contributed by atoms with Crippen molar-refractivity contribution < 1.29 is 14.4 Å². The van der Waals surface area contributed by atoms with Crippen LogP contribution in [-0.2, 0) is 4.79 Å². The number of urea groups is 1. The maximum atomic E-state index is 12.5. The van der Waals surface area contributed by atoms with E-state index in [0.717, 1.165) is 38.8 Å². The Balaban J connectivity index is 1.40. The van der Waals surface area contributed by atoms with Crippen LogP contribution in [0.5, 0.6) is 0 Å². The average molecular weight is 407 g/mol. The Morgan fingerprint density at radius 2 is 1.64 bits per heavy atom. The lowest BCUT2D eigenvalue weighted by Gasteiger charge is -2.34. The molecule has 0 radical (unpaired) electrons. The standard InChI is InChI=1S/C20H27ClN4O3/c21-17-8-2-1-7-16(17)19(27)23-10-9-22-18(26)15-6-5-13-25(14-15)20(28)24-11-3-4-12-24/h1-2,7-8,15H,3-6,9-14H2,(H,22,26)(H,23,27)/t15-/m0/s1. The molecule has 0 unspecified atom stereocenters. The monoisotopic (exact) mass is 406 g/mol. The molecule has 2 saturated heterocycles. The third-order valence-corrected chi connectivity index (χ3v) is 5.60. The summed E-state index contributed by atoms with van der Waals surface area (Å²) in [7, 11) is 0. The summed E-state index contributed by atoms with van der Waals surface area (Å²) in [6, 6.07) is 6.89. The van der Waals surface area contributed by atoms with E-state index >= 15 is 0 Å². The van der Waals surface area contributed by atoms with Crippen molar-refractivity contribution in [2.24, 2.45) is 5.92 Å². The van der Waals surface area contributed by atoms with Crippen molar-refractivity contribution in [2.75, 3.05) is 39.3 Å². The number of rotatable bonds is 5. The van der Waals surface area contributed by atoms with Crippen LogP contribution in [0.3, 0.4) is 0 Å². The lowest BCUT2D eigenvalue weighted by Crippen LogP contribution is -2.50. The first-order valence-electron chi connectivity index (χ1n) is 9.90. The first-order chi connectivity index (χ1) is 13.6. The second kappa shape index (κ2) is 9.78. The average Bonchev–Trinajstić information content (AvgIpc) is 3.25. The summed E-state index contributed by atoms with van der Waals surface area (Å²) in [6.45, 7) is 3.47. The minimum absolute atomic E-state index is 0.0574. The largest absolute Gasteiger partial charge is 0.354 e. The molecule has 0 spiro atoms. The summed E-state index contributed by atoms with van der Waals surface area (Å²) in [4.78, 5) is 40.8. The zero-order valence-electron chi connectivity index (χ0n) is 16.0. The third kappa shape index (κ3) is 5.16. The van der Waals surface area contributed by atoms with Crippen LogP contribution in [0.25, 0.3) is 0 Å². The van der Waals surface area contributed by atoms with Crippen LogP contribution < -0.4 is 10.6 Å². The molecule has 28 heavy (non-hydrogen) atoms. The topological polar surface area (TPSA) is 81.8 Å². The highest BCUT2D eigenvalue weighted by Gasteiger charge is 2.31. The van der Waals surface area contributed by atoms with E-state index in [9.17, 15) is 14.4 Å². The van der Waals surface area contributed by atoms with Gasteiger partial charge in [0, 0.05) is 39.3 Å². The minimum atomic E-state index is -0.264. The Kier molecular flexibility index (Phi) is 7.14. The molecule has 2 heterocycles. The fourth-order valence-electron chi connectivity index (χ4n) is 3.72. The molecule has 0 bridgehead atoms. The Hall–Kier alpha value is -2.28. The highest BCUT2D eigenvalue weighted by Crippen LogP contribution is 2.20. The van der Waals surface area contributed by atoms with Gasteiger partial charge in [0.1, 0.15) is 0 Å². The van der Waals surface area contributed by atoms with Gasteiger partial charge in [0.15, 0.2) is 0 Å². The van der Waals surface area contributed by atoms with Crippen LogP contribution in [0.1, 0.15) is 36.0 Å². The van der Waals surface area contributed by atoms with Gasteiger partial charge in [-0.2, -0.15) is 0 Å². The third-order valence-electron chi connectivity index (χ3n) is 5.27. The molecule has 152 valence electrons. The van der Waals surface area contributed by atoms with Gasteiger partial charge in [0.05, 0.1) is 16.5 Å². The Morgan fingerprint density at radius 1 is 0.964 bits per heavy atom. The molecule has 3 rings (SSSR count). The van der Waals surface area contributed by atoms with Gasteiger partial charge < -0.3 is 20.4 Å². The molecule has 1 atom stereocenters. The zero-order valence-corrected chi connectivity index (χ0v) is 16.7. The van der Waals surface area contributed by atoms with E-state index < -0.39 is 0 Å². The number of likely N-dealkylation sites (tertiary alicyclic amines) is 2. The lowest BCUT2D eigenvalue weighted by molar-refractivity contribution is -0.126. The first kappa shape index (κ1) is 20.5. The summed E-state index contributed by atoms with van der Waals surface area (Å²) in [6.07, 6.45) is 3.73. The van der Waals surface area contributed by atoms with Crippen molar-refractivity contribution in [1.29, 1.82) is 0 Å². The van der Waals surface area contributed by atoms with Crippen molar-refractivity contribution in [2.45, 2.75) is 25.7 Å². The van der Waals surface area contributed by atoms with Gasteiger partial charge in [-0.1, -0.05) is 23.7 Å². The van der Waals surface area contributed by atoms with Crippen LogP contribution >= 0.6 is 11.6 Å². The van der Waals surface area contributed by atoms with Gasteiger partial charge in [0.2, 0.25) is 5.91 Å². The molecular formula is C20H27ClN4O3. The van der Waals surface area contributed by atoms with Gasteiger partial charge in [-0.25, -0.2) is 4.79 Å². The molecule has 1 aromatic carbocycles. The fourth-order valence-corrected chi connectivity index (χ4v) is 3.94. The number of nitrogens with one attached hydrogen (secondary N) is 2. The number of hydrogen-bond donors (Lipinski definition) is 2. The summed E-state index contributed by atoms with van der Waals surface area (Å²) in [5, 5.41) is 6.01. The molecular weight excluding hydrogens is 380 g/mol. The number of carbonyl (C=O) groups excluding carboxylic acids is 3. The number of halogens is 1. The van der Waals surface area contributed by atoms with E-state index in [4.69, 9.17) is 11.6 Å². The molecule has 2 aliphatic rings. The molecule has 0 aromatic heterocycles. The van der Waals surface area contributed by atoms with E-state index in [1.54, 1.807) is 29.2 Å². The predicted octanol–water partition coefficient (Wildman–Crippen LogP) is 2.11. The highest BCUT2D eigenvalue weighted by atomic mass is 35.5. The highest BCUT2D eigenvalue weighted by molar-refractivity contribution is 6.33. The van der Waals surface area contributed by atoms with Crippen LogP contribution in [0.4, 0.5) is 4.79 Å². The van der Waals surface area contributed by atoms with E-state index in [1.807, 2.05) is 4.90 Å². The lowest BCUT2D eigenvalue weighted by atomic mass is 9.97. The van der Waals surface area contributed by atoms with Crippen LogP contribution in [-0.4, -0.2) is 66.9 Å².